The molecular formula is C23H16N4O2. The van der Waals surface area contributed by atoms with Crippen molar-refractivity contribution in [3.05, 3.63) is 84.2 Å². The van der Waals surface area contributed by atoms with E-state index in [1.165, 1.54) is 0 Å². The third-order valence-electron chi connectivity index (χ3n) is 4.87. The first-order valence-electron chi connectivity index (χ1n) is 9.16. The molecule has 0 aliphatic heterocycles. The number of aromatic carboxylic acids is 1. The van der Waals surface area contributed by atoms with E-state index in [4.69, 9.17) is 10.1 Å². The van der Waals surface area contributed by atoms with Crippen LogP contribution in [0.5, 0.6) is 0 Å². The Morgan fingerprint density at radius 1 is 0.931 bits per heavy atom. The molecule has 0 aliphatic rings. The van der Waals surface area contributed by atoms with Crippen LogP contribution in [0.4, 0.5) is 0 Å². The van der Waals surface area contributed by atoms with Gasteiger partial charge in [0.25, 0.3) is 0 Å². The van der Waals surface area contributed by atoms with E-state index in [1.54, 1.807) is 18.2 Å². The molecule has 1 aromatic carbocycles. The Labute approximate surface area is 166 Å². The number of benzene rings is 1. The summed E-state index contributed by atoms with van der Waals surface area (Å²) in [6.07, 6.45) is 1.89. The van der Waals surface area contributed by atoms with Crippen LogP contribution in [0.2, 0.25) is 0 Å². The molecule has 5 aromatic rings. The molecule has 1 N–H and O–H groups in total. The second-order valence-electron chi connectivity index (χ2n) is 6.83. The summed E-state index contributed by atoms with van der Waals surface area (Å²) in [5, 5.41) is 14.9. The van der Waals surface area contributed by atoms with Crippen molar-refractivity contribution < 1.29 is 9.90 Å². The van der Waals surface area contributed by atoms with Crippen molar-refractivity contribution in [2.45, 2.75) is 6.92 Å². The standard InChI is InChI=1S/C23H16N4O2/c1-14-5-4-6-18(24-14)22-21(20-7-2-3-12-27(20)26-22)17-11-10-15-8-9-16(23(28)29)13-19(15)25-17/h2-13H,1H3,(H,28,29). The number of aryl methyl sites for hydroxylation is 1. The summed E-state index contributed by atoms with van der Waals surface area (Å²) in [5.41, 5.74) is 5.75. The fraction of sp³-hybridized carbons (Fsp3) is 0.0435. The molecule has 0 saturated heterocycles. The van der Waals surface area contributed by atoms with E-state index < -0.39 is 5.97 Å². The number of nitrogens with zero attached hydrogens (tertiary/aromatic N) is 4. The van der Waals surface area contributed by atoms with Crippen LogP contribution >= 0.6 is 0 Å². The van der Waals surface area contributed by atoms with Gasteiger partial charge in [-0.15, -0.1) is 0 Å². The minimum Gasteiger partial charge on any atom is -0.478 e. The Morgan fingerprint density at radius 2 is 1.79 bits per heavy atom. The summed E-state index contributed by atoms with van der Waals surface area (Å²) in [7, 11) is 0. The van der Waals surface area contributed by atoms with Crippen molar-refractivity contribution in [2.75, 3.05) is 0 Å². The zero-order valence-electron chi connectivity index (χ0n) is 15.6. The Bertz CT molecular complexity index is 1400. The maximum absolute atomic E-state index is 11.4. The van der Waals surface area contributed by atoms with Gasteiger partial charge in [-0.1, -0.05) is 24.3 Å². The van der Waals surface area contributed by atoms with Crippen LogP contribution < -0.4 is 0 Å². The summed E-state index contributed by atoms with van der Waals surface area (Å²) < 4.78 is 1.81. The van der Waals surface area contributed by atoms with Crippen LogP contribution in [0, 0.1) is 6.92 Å². The lowest BCUT2D eigenvalue weighted by Gasteiger charge is -2.06. The minimum atomic E-state index is -0.972. The normalized spacial score (nSPS) is 11.2. The number of fused-ring (bicyclic) bond motifs is 2. The number of hydrogen-bond donors (Lipinski definition) is 1. The molecule has 6 nitrogen and oxygen atoms in total. The number of hydrogen-bond acceptors (Lipinski definition) is 4. The van der Waals surface area contributed by atoms with Crippen LogP contribution in [-0.2, 0) is 0 Å². The van der Waals surface area contributed by atoms with Crippen molar-refractivity contribution in [3.63, 3.8) is 0 Å². The van der Waals surface area contributed by atoms with E-state index in [0.29, 0.717) is 5.52 Å². The molecule has 0 unspecified atom stereocenters. The van der Waals surface area contributed by atoms with E-state index in [-0.39, 0.29) is 5.56 Å². The average molecular weight is 380 g/mol. The van der Waals surface area contributed by atoms with Crippen LogP contribution in [0.1, 0.15) is 16.1 Å². The third-order valence-corrected chi connectivity index (χ3v) is 4.87. The van der Waals surface area contributed by atoms with Crippen LogP contribution in [0.3, 0.4) is 0 Å². The first-order valence-corrected chi connectivity index (χ1v) is 9.16. The van der Waals surface area contributed by atoms with Crippen molar-refractivity contribution in [1.29, 1.82) is 0 Å². The lowest BCUT2D eigenvalue weighted by Crippen LogP contribution is -1.96. The Morgan fingerprint density at radius 3 is 2.62 bits per heavy atom. The topological polar surface area (TPSA) is 80.4 Å². The smallest absolute Gasteiger partial charge is 0.335 e. The zero-order valence-corrected chi connectivity index (χ0v) is 15.6. The lowest BCUT2D eigenvalue weighted by atomic mass is 10.0. The van der Waals surface area contributed by atoms with Gasteiger partial charge in [0.2, 0.25) is 0 Å². The summed E-state index contributed by atoms with van der Waals surface area (Å²) >= 11 is 0. The van der Waals surface area contributed by atoms with Gasteiger partial charge in [-0.3, -0.25) is 4.98 Å². The average Bonchev–Trinajstić information content (AvgIpc) is 3.12. The van der Waals surface area contributed by atoms with Gasteiger partial charge in [-0.25, -0.2) is 14.3 Å². The number of carboxylic acids is 1. The maximum atomic E-state index is 11.4. The van der Waals surface area contributed by atoms with Crippen molar-refractivity contribution in [1.82, 2.24) is 19.6 Å². The monoisotopic (exact) mass is 380 g/mol. The molecule has 0 spiro atoms. The van der Waals surface area contributed by atoms with Crippen molar-refractivity contribution >= 4 is 22.4 Å². The summed E-state index contributed by atoms with van der Waals surface area (Å²) in [6, 6.07) is 20.5. The van der Waals surface area contributed by atoms with E-state index in [1.807, 2.05) is 66.2 Å². The summed E-state index contributed by atoms with van der Waals surface area (Å²) in [5.74, 6) is -0.972. The van der Waals surface area contributed by atoms with Crippen molar-refractivity contribution in [3.8, 4) is 22.6 Å². The number of carbonyl (C=O) groups is 1. The predicted molar refractivity (Wildman–Crippen MR) is 111 cm³/mol. The molecule has 140 valence electrons. The van der Waals surface area contributed by atoms with Gasteiger partial charge in [0, 0.05) is 17.3 Å². The number of pyridine rings is 3. The Balaban J connectivity index is 1.80. The molecule has 0 atom stereocenters. The quantitative estimate of drug-likeness (QED) is 0.494. The first-order chi connectivity index (χ1) is 14.1. The molecule has 0 saturated carbocycles. The van der Waals surface area contributed by atoms with E-state index in [2.05, 4.69) is 4.98 Å². The summed E-state index contributed by atoms with van der Waals surface area (Å²) in [4.78, 5) is 20.8. The van der Waals surface area contributed by atoms with Gasteiger partial charge in [0.05, 0.1) is 33.5 Å². The fourth-order valence-corrected chi connectivity index (χ4v) is 3.49. The van der Waals surface area contributed by atoms with Gasteiger partial charge in [0.1, 0.15) is 5.69 Å². The number of aromatic nitrogens is 4. The lowest BCUT2D eigenvalue weighted by molar-refractivity contribution is 0.0697. The highest BCUT2D eigenvalue weighted by atomic mass is 16.4. The van der Waals surface area contributed by atoms with Crippen molar-refractivity contribution in [2.24, 2.45) is 0 Å². The highest BCUT2D eigenvalue weighted by molar-refractivity contribution is 5.95. The van der Waals surface area contributed by atoms with E-state index in [9.17, 15) is 9.90 Å². The van der Waals surface area contributed by atoms with E-state index in [0.717, 1.165) is 39.2 Å². The van der Waals surface area contributed by atoms with Gasteiger partial charge in [-0.05, 0) is 49.4 Å². The molecule has 4 heterocycles. The van der Waals surface area contributed by atoms with Crippen LogP contribution in [-0.4, -0.2) is 30.7 Å². The SMILES string of the molecule is Cc1cccc(-c2nn3ccccc3c2-c2ccc3ccc(C(=O)O)cc3n2)n1. The second kappa shape index (κ2) is 6.53. The van der Waals surface area contributed by atoms with Gasteiger partial charge in [0.15, 0.2) is 0 Å². The van der Waals surface area contributed by atoms with Gasteiger partial charge < -0.3 is 5.11 Å². The summed E-state index contributed by atoms with van der Waals surface area (Å²) in [6.45, 7) is 1.95. The maximum Gasteiger partial charge on any atom is 0.335 e. The highest BCUT2D eigenvalue weighted by Crippen LogP contribution is 2.34. The van der Waals surface area contributed by atoms with Gasteiger partial charge in [-0.2, -0.15) is 5.10 Å². The third kappa shape index (κ3) is 2.91. The molecule has 0 radical (unpaired) electrons. The zero-order chi connectivity index (χ0) is 20.0. The fourth-order valence-electron chi connectivity index (χ4n) is 3.49. The molecule has 29 heavy (non-hydrogen) atoms. The molecule has 0 amide bonds. The van der Waals surface area contributed by atoms with Crippen LogP contribution in [0.25, 0.3) is 39.1 Å². The minimum absolute atomic E-state index is 0.211. The van der Waals surface area contributed by atoms with E-state index >= 15 is 0 Å². The van der Waals surface area contributed by atoms with Crippen LogP contribution in [0.15, 0.2) is 72.9 Å². The largest absolute Gasteiger partial charge is 0.478 e. The molecule has 0 bridgehead atoms. The Kier molecular flexibility index (Phi) is 3.84. The Hall–Kier alpha value is -4.06. The molecule has 0 fully saturated rings. The molecule has 0 aliphatic carbocycles. The van der Waals surface area contributed by atoms with Gasteiger partial charge >= 0.3 is 5.97 Å². The second-order valence-corrected chi connectivity index (χ2v) is 6.83. The molecule has 6 heteroatoms. The molecular weight excluding hydrogens is 364 g/mol. The molecule has 5 rings (SSSR count). The predicted octanol–water partition coefficient (Wildman–Crippen LogP) is 4.62. The molecule has 4 aromatic heterocycles. The number of rotatable bonds is 3. The highest BCUT2D eigenvalue weighted by Gasteiger charge is 2.19. The number of carboxylic acid groups (broad SMARTS) is 1. The first kappa shape index (κ1) is 17.1.